The van der Waals surface area contributed by atoms with Crippen molar-refractivity contribution in [3.05, 3.63) is 64.9 Å². The number of nitrogens with zero attached hydrogens (tertiary/aromatic N) is 1. The SMILES string of the molecule is Fc1ccc(Cl)c(NC2=NC(c3ccccc3)CS2)c1. The van der Waals surface area contributed by atoms with E-state index in [-0.39, 0.29) is 11.9 Å². The third-order valence-corrected chi connectivity index (χ3v) is 4.30. The number of amidine groups is 1. The molecule has 3 rings (SSSR count). The highest BCUT2D eigenvalue weighted by atomic mass is 35.5. The minimum Gasteiger partial charge on any atom is -0.334 e. The van der Waals surface area contributed by atoms with Gasteiger partial charge in [0.25, 0.3) is 0 Å². The van der Waals surface area contributed by atoms with Crippen molar-refractivity contribution in [1.29, 1.82) is 0 Å². The van der Waals surface area contributed by atoms with Crippen LogP contribution in [0.5, 0.6) is 0 Å². The molecule has 0 spiro atoms. The highest BCUT2D eigenvalue weighted by molar-refractivity contribution is 8.14. The lowest BCUT2D eigenvalue weighted by atomic mass is 10.1. The topological polar surface area (TPSA) is 24.4 Å². The first-order chi connectivity index (χ1) is 9.72. The lowest BCUT2D eigenvalue weighted by Gasteiger charge is -2.07. The van der Waals surface area contributed by atoms with Crippen molar-refractivity contribution in [2.45, 2.75) is 6.04 Å². The number of benzene rings is 2. The zero-order chi connectivity index (χ0) is 13.9. The Kier molecular flexibility index (Phi) is 3.94. The molecule has 1 unspecified atom stereocenters. The maximum absolute atomic E-state index is 13.2. The average Bonchev–Trinajstić information content (AvgIpc) is 2.92. The Morgan fingerprint density at radius 1 is 1.20 bits per heavy atom. The minimum atomic E-state index is -0.319. The molecule has 0 saturated carbocycles. The van der Waals surface area contributed by atoms with Gasteiger partial charge < -0.3 is 5.32 Å². The van der Waals surface area contributed by atoms with Crippen molar-refractivity contribution in [1.82, 2.24) is 0 Å². The number of aliphatic imine (C=N–C) groups is 1. The summed E-state index contributed by atoms with van der Waals surface area (Å²) >= 11 is 7.65. The van der Waals surface area contributed by atoms with E-state index in [1.807, 2.05) is 18.2 Å². The molecule has 5 heteroatoms. The van der Waals surface area contributed by atoms with Gasteiger partial charge in [-0.15, -0.1) is 0 Å². The number of thioether (sulfide) groups is 1. The van der Waals surface area contributed by atoms with Crippen molar-refractivity contribution in [3.8, 4) is 0 Å². The van der Waals surface area contributed by atoms with E-state index in [4.69, 9.17) is 11.6 Å². The third kappa shape index (κ3) is 2.97. The van der Waals surface area contributed by atoms with E-state index in [0.29, 0.717) is 10.7 Å². The lowest BCUT2D eigenvalue weighted by molar-refractivity contribution is 0.628. The van der Waals surface area contributed by atoms with Crippen LogP contribution in [0.25, 0.3) is 0 Å². The Morgan fingerprint density at radius 3 is 2.80 bits per heavy atom. The van der Waals surface area contributed by atoms with Crippen LogP contribution in [0.15, 0.2) is 53.5 Å². The summed E-state index contributed by atoms with van der Waals surface area (Å²) in [5, 5.41) is 4.34. The van der Waals surface area contributed by atoms with Gasteiger partial charge in [-0.05, 0) is 23.8 Å². The second kappa shape index (κ2) is 5.85. The summed E-state index contributed by atoms with van der Waals surface area (Å²) in [6, 6.07) is 14.5. The summed E-state index contributed by atoms with van der Waals surface area (Å²) in [7, 11) is 0. The molecule has 1 aliphatic heterocycles. The smallest absolute Gasteiger partial charge is 0.161 e. The minimum absolute atomic E-state index is 0.135. The fourth-order valence-electron chi connectivity index (χ4n) is 2.00. The van der Waals surface area contributed by atoms with Gasteiger partial charge in [-0.2, -0.15) is 0 Å². The third-order valence-electron chi connectivity index (χ3n) is 3.01. The highest BCUT2D eigenvalue weighted by Gasteiger charge is 2.20. The van der Waals surface area contributed by atoms with Gasteiger partial charge in [0.05, 0.1) is 16.8 Å². The summed E-state index contributed by atoms with van der Waals surface area (Å²) in [4.78, 5) is 4.61. The van der Waals surface area contributed by atoms with E-state index < -0.39 is 0 Å². The average molecular weight is 307 g/mol. The molecule has 0 amide bonds. The monoisotopic (exact) mass is 306 g/mol. The Balaban J connectivity index is 1.77. The van der Waals surface area contributed by atoms with Crippen molar-refractivity contribution >= 4 is 34.2 Å². The summed E-state index contributed by atoms with van der Waals surface area (Å²) in [5.74, 6) is 0.555. The molecule has 0 aliphatic carbocycles. The normalized spacial score (nSPS) is 17.9. The van der Waals surface area contributed by atoms with E-state index >= 15 is 0 Å². The van der Waals surface area contributed by atoms with Crippen LogP contribution in [-0.2, 0) is 0 Å². The fraction of sp³-hybridized carbons (Fsp3) is 0.133. The standard InChI is InChI=1S/C15H12ClFN2S/c16-12-7-6-11(17)8-13(12)18-15-19-14(9-20-15)10-4-2-1-3-5-10/h1-8,14H,9H2,(H,18,19). The van der Waals surface area contributed by atoms with Gasteiger partial charge in [0.2, 0.25) is 0 Å². The molecule has 1 heterocycles. The van der Waals surface area contributed by atoms with Crippen LogP contribution in [-0.4, -0.2) is 10.9 Å². The molecule has 2 aromatic carbocycles. The molecular formula is C15H12ClFN2S. The summed E-state index contributed by atoms with van der Waals surface area (Å²) in [6.45, 7) is 0. The largest absolute Gasteiger partial charge is 0.334 e. The van der Waals surface area contributed by atoms with Gasteiger partial charge >= 0.3 is 0 Å². The first-order valence-electron chi connectivity index (χ1n) is 6.20. The number of nitrogens with one attached hydrogen (secondary N) is 1. The molecule has 0 fully saturated rings. The molecule has 1 aliphatic rings. The maximum atomic E-state index is 13.2. The second-order valence-corrected chi connectivity index (χ2v) is 5.84. The molecule has 0 radical (unpaired) electrons. The van der Waals surface area contributed by atoms with Gasteiger partial charge in [-0.25, -0.2) is 4.39 Å². The highest BCUT2D eigenvalue weighted by Crippen LogP contribution is 2.32. The summed E-state index contributed by atoms with van der Waals surface area (Å²) in [6.07, 6.45) is 0. The van der Waals surface area contributed by atoms with Crippen LogP contribution in [0.3, 0.4) is 0 Å². The van der Waals surface area contributed by atoms with E-state index in [0.717, 1.165) is 10.9 Å². The number of hydrogen-bond donors (Lipinski definition) is 1. The van der Waals surface area contributed by atoms with Crippen molar-refractivity contribution in [2.24, 2.45) is 4.99 Å². The van der Waals surface area contributed by atoms with Crippen molar-refractivity contribution in [3.63, 3.8) is 0 Å². The summed E-state index contributed by atoms with van der Waals surface area (Å²) in [5.41, 5.74) is 1.73. The summed E-state index contributed by atoms with van der Waals surface area (Å²) < 4.78 is 13.2. The van der Waals surface area contributed by atoms with Crippen molar-refractivity contribution < 1.29 is 4.39 Å². The second-order valence-electron chi connectivity index (χ2n) is 4.42. The number of rotatable bonds is 2. The van der Waals surface area contributed by atoms with Gasteiger partial charge in [-0.3, -0.25) is 4.99 Å². The molecule has 2 nitrogen and oxygen atoms in total. The predicted molar refractivity (Wildman–Crippen MR) is 84.1 cm³/mol. The maximum Gasteiger partial charge on any atom is 0.161 e. The molecule has 0 saturated heterocycles. The quantitative estimate of drug-likeness (QED) is 0.867. The molecule has 20 heavy (non-hydrogen) atoms. The van der Waals surface area contributed by atoms with Crippen LogP contribution in [0.1, 0.15) is 11.6 Å². The van der Waals surface area contributed by atoms with Crippen LogP contribution >= 0.6 is 23.4 Å². The Labute approximate surface area is 126 Å². The van der Waals surface area contributed by atoms with E-state index in [1.165, 1.54) is 23.8 Å². The zero-order valence-electron chi connectivity index (χ0n) is 10.5. The Bertz CT molecular complexity index is 646. The first kappa shape index (κ1) is 13.5. The fourth-order valence-corrected chi connectivity index (χ4v) is 3.13. The molecular weight excluding hydrogens is 295 g/mol. The van der Waals surface area contributed by atoms with Crippen LogP contribution in [0, 0.1) is 5.82 Å². The van der Waals surface area contributed by atoms with E-state index in [9.17, 15) is 4.39 Å². The lowest BCUT2D eigenvalue weighted by Crippen LogP contribution is -2.05. The molecule has 0 bridgehead atoms. The number of hydrogen-bond acceptors (Lipinski definition) is 3. The van der Waals surface area contributed by atoms with Gasteiger partial charge in [0.15, 0.2) is 5.17 Å². The van der Waals surface area contributed by atoms with Gasteiger partial charge in [0.1, 0.15) is 5.82 Å². The molecule has 1 N–H and O–H groups in total. The molecule has 0 aromatic heterocycles. The first-order valence-corrected chi connectivity index (χ1v) is 7.56. The Morgan fingerprint density at radius 2 is 2.00 bits per heavy atom. The predicted octanol–water partition coefficient (Wildman–Crippen LogP) is 4.74. The van der Waals surface area contributed by atoms with Gasteiger partial charge in [0, 0.05) is 5.75 Å². The molecule has 102 valence electrons. The number of anilines is 1. The van der Waals surface area contributed by atoms with Crippen molar-refractivity contribution in [2.75, 3.05) is 11.1 Å². The Hall–Kier alpha value is -1.52. The van der Waals surface area contributed by atoms with Crippen LogP contribution in [0.4, 0.5) is 10.1 Å². The van der Waals surface area contributed by atoms with Crippen LogP contribution in [0.2, 0.25) is 5.02 Å². The van der Waals surface area contributed by atoms with E-state index in [2.05, 4.69) is 22.4 Å². The van der Waals surface area contributed by atoms with E-state index in [1.54, 1.807) is 11.8 Å². The van der Waals surface area contributed by atoms with Crippen LogP contribution < -0.4 is 5.32 Å². The molecule has 1 atom stereocenters. The zero-order valence-corrected chi connectivity index (χ0v) is 12.1. The molecule has 2 aromatic rings. The van der Waals surface area contributed by atoms with Gasteiger partial charge in [-0.1, -0.05) is 53.7 Å². The number of halogens is 2.